The molecular formula is C14H12Cl2N4S. The second-order valence-corrected chi connectivity index (χ2v) is 5.99. The summed E-state index contributed by atoms with van der Waals surface area (Å²) in [6.45, 7) is 2.83. The van der Waals surface area contributed by atoms with Crippen molar-refractivity contribution in [2.45, 2.75) is 11.8 Å². The Morgan fingerprint density at radius 2 is 2.10 bits per heavy atom. The van der Waals surface area contributed by atoms with Crippen LogP contribution in [0.3, 0.4) is 0 Å². The zero-order chi connectivity index (χ0) is 14.8. The number of guanidine groups is 1. The highest BCUT2D eigenvalue weighted by Crippen LogP contribution is 2.38. The summed E-state index contributed by atoms with van der Waals surface area (Å²) < 4.78 is 3.23. The highest BCUT2D eigenvalue weighted by atomic mass is 35.5. The fraction of sp³-hybridized carbons (Fsp3) is 0.143. The first-order valence-corrected chi connectivity index (χ1v) is 7.94. The summed E-state index contributed by atoms with van der Waals surface area (Å²) in [5.74, 6) is 0.751. The molecule has 2 heterocycles. The Morgan fingerprint density at radius 3 is 2.81 bits per heavy atom. The molecule has 1 aliphatic rings. The number of aliphatic imine (C=N–C) groups is 1. The van der Waals surface area contributed by atoms with E-state index in [1.54, 1.807) is 12.3 Å². The minimum Gasteiger partial charge on any atom is -0.310 e. The van der Waals surface area contributed by atoms with Crippen LogP contribution in [0.15, 0.2) is 46.5 Å². The lowest BCUT2D eigenvalue weighted by molar-refractivity contribution is 1.01. The fourth-order valence-corrected chi connectivity index (χ4v) is 3.14. The predicted octanol–water partition coefficient (Wildman–Crippen LogP) is 4.51. The third-order valence-corrected chi connectivity index (χ3v) is 4.56. The number of nitrogens with zero attached hydrogens (tertiary/aromatic N) is 3. The molecule has 4 nitrogen and oxygen atoms in total. The van der Waals surface area contributed by atoms with Gasteiger partial charge in [-0.05, 0) is 43.1 Å². The molecule has 0 aliphatic carbocycles. The molecule has 108 valence electrons. The molecule has 0 bridgehead atoms. The third kappa shape index (κ3) is 2.95. The van der Waals surface area contributed by atoms with Gasteiger partial charge in [-0.3, -0.25) is 9.71 Å². The van der Waals surface area contributed by atoms with Gasteiger partial charge in [-0.2, -0.15) is 0 Å². The van der Waals surface area contributed by atoms with Crippen molar-refractivity contribution in [1.29, 1.82) is 0 Å². The summed E-state index contributed by atoms with van der Waals surface area (Å²) >= 11 is 13.6. The van der Waals surface area contributed by atoms with Gasteiger partial charge in [0.25, 0.3) is 0 Å². The van der Waals surface area contributed by atoms with Gasteiger partial charge in [-0.15, -0.1) is 0 Å². The van der Waals surface area contributed by atoms with Crippen LogP contribution in [0.25, 0.3) is 0 Å². The number of fused-ring (bicyclic) bond motifs is 1. The van der Waals surface area contributed by atoms with Crippen LogP contribution in [0.4, 0.5) is 11.4 Å². The topological polar surface area (TPSA) is 40.5 Å². The standard InChI is InChI=1S/C14H12Cl2N4S/c1-2-20(9-4-3-5-17-8-9)14-18-12-6-10(15)11(16)7-13(12)21-19-14/h3-8H,2H2,1H3,(H,18,19). The molecule has 3 rings (SSSR count). The van der Waals surface area contributed by atoms with Crippen LogP contribution >= 0.6 is 35.1 Å². The minimum absolute atomic E-state index is 0.505. The quantitative estimate of drug-likeness (QED) is 0.817. The van der Waals surface area contributed by atoms with Crippen LogP contribution in [0.2, 0.25) is 10.0 Å². The van der Waals surface area contributed by atoms with Crippen molar-refractivity contribution < 1.29 is 0 Å². The van der Waals surface area contributed by atoms with Crippen LogP contribution in [0, 0.1) is 0 Å². The van der Waals surface area contributed by atoms with E-state index in [0.29, 0.717) is 10.0 Å². The van der Waals surface area contributed by atoms with Crippen molar-refractivity contribution in [2.75, 3.05) is 11.4 Å². The molecule has 21 heavy (non-hydrogen) atoms. The van der Waals surface area contributed by atoms with Crippen molar-refractivity contribution in [3.8, 4) is 0 Å². The lowest BCUT2D eigenvalue weighted by Gasteiger charge is -2.27. The zero-order valence-electron chi connectivity index (χ0n) is 11.2. The van der Waals surface area contributed by atoms with Crippen LogP contribution in [-0.2, 0) is 0 Å². The Morgan fingerprint density at radius 1 is 1.29 bits per heavy atom. The van der Waals surface area contributed by atoms with Crippen molar-refractivity contribution in [3.05, 3.63) is 46.7 Å². The van der Waals surface area contributed by atoms with E-state index in [1.807, 2.05) is 29.3 Å². The predicted molar refractivity (Wildman–Crippen MR) is 89.8 cm³/mol. The van der Waals surface area contributed by atoms with Gasteiger partial charge in [-0.1, -0.05) is 23.2 Å². The van der Waals surface area contributed by atoms with Crippen LogP contribution in [0.5, 0.6) is 0 Å². The van der Waals surface area contributed by atoms with Gasteiger partial charge in [0.1, 0.15) is 0 Å². The molecule has 0 radical (unpaired) electrons. The number of hydrogen-bond donors (Lipinski definition) is 1. The van der Waals surface area contributed by atoms with E-state index in [2.05, 4.69) is 21.6 Å². The molecule has 0 saturated carbocycles. The Labute approximate surface area is 137 Å². The normalized spacial score (nSPS) is 13.2. The van der Waals surface area contributed by atoms with E-state index in [4.69, 9.17) is 23.2 Å². The number of hydrogen-bond acceptors (Lipinski definition) is 5. The molecule has 2 aromatic rings. The summed E-state index contributed by atoms with van der Waals surface area (Å²) in [7, 11) is 0. The number of nitrogens with one attached hydrogen (secondary N) is 1. The van der Waals surface area contributed by atoms with Gasteiger partial charge in [0, 0.05) is 12.7 Å². The van der Waals surface area contributed by atoms with E-state index < -0.39 is 0 Å². The summed E-state index contributed by atoms with van der Waals surface area (Å²) in [5, 5.41) is 1.04. The summed E-state index contributed by atoms with van der Waals surface area (Å²) in [4.78, 5) is 11.8. The molecule has 0 atom stereocenters. The molecule has 0 fully saturated rings. The van der Waals surface area contributed by atoms with Crippen molar-refractivity contribution in [1.82, 2.24) is 9.71 Å². The van der Waals surface area contributed by atoms with Gasteiger partial charge in [0.15, 0.2) is 0 Å². The molecule has 0 amide bonds. The first kappa shape index (κ1) is 14.5. The van der Waals surface area contributed by atoms with Crippen LogP contribution < -0.4 is 9.62 Å². The van der Waals surface area contributed by atoms with Gasteiger partial charge in [0.05, 0.1) is 32.5 Å². The maximum atomic E-state index is 6.07. The Balaban J connectivity index is 1.99. The molecule has 0 saturated heterocycles. The SMILES string of the molecule is CCN(C1=Nc2cc(Cl)c(Cl)cc2SN1)c1cccnc1. The molecule has 0 spiro atoms. The lowest BCUT2D eigenvalue weighted by Crippen LogP contribution is -2.39. The van der Waals surface area contributed by atoms with Crippen LogP contribution in [-0.4, -0.2) is 17.5 Å². The van der Waals surface area contributed by atoms with E-state index in [1.165, 1.54) is 11.9 Å². The van der Waals surface area contributed by atoms with Crippen molar-refractivity contribution in [3.63, 3.8) is 0 Å². The van der Waals surface area contributed by atoms with Gasteiger partial charge >= 0.3 is 0 Å². The number of aromatic nitrogens is 1. The largest absolute Gasteiger partial charge is 0.310 e. The maximum Gasteiger partial charge on any atom is 0.214 e. The van der Waals surface area contributed by atoms with Crippen LogP contribution in [0.1, 0.15) is 6.92 Å². The Bertz CT molecular complexity index is 691. The molecule has 7 heteroatoms. The Hall–Kier alpha value is -1.43. The summed E-state index contributed by atoms with van der Waals surface area (Å²) in [6.07, 6.45) is 3.56. The van der Waals surface area contributed by atoms with Gasteiger partial charge in [-0.25, -0.2) is 4.99 Å². The smallest absolute Gasteiger partial charge is 0.214 e. The summed E-state index contributed by atoms with van der Waals surface area (Å²) in [5.41, 5.74) is 1.79. The molecule has 0 unspecified atom stereocenters. The second-order valence-electron chi connectivity index (χ2n) is 4.33. The van der Waals surface area contributed by atoms with Crippen molar-refractivity contribution in [2.24, 2.45) is 4.99 Å². The highest BCUT2D eigenvalue weighted by molar-refractivity contribution is 7.98. The van der Waals surface area contributed by atoms with E-state index in [-0.39, 0.29) is 0 Å². The number of rotatable bonds is 2. The number of benzene rings is 1. The number of halogens is 2. The molecule has 1 aromatic carbocycles. The average Bonchev–Trinajstić information content (AvgIpc) is 2.50. The molecule has 1 aliphatic heterocycles. The first-order chi connectivity index (χ1) is 10.2. The summed E-state index contributed by atoms with van der Waals surface area (Å²) in [6, 6.07) is 7.50. The van der Waals surface area contributed by atoms with E-state index >= 15 is 0 Å². The molecular weight excluding hydrogens is 327 g/mol. The lowest BCUT2D eigenvalue weighted by atomic mass is 10.3. The molecule has 1 N–H and O–H groups in total. The maximum absolute atomic E-state index is 6.07. The first-order valence-electron chi connectivity index (χ1n) is 6.37. The average molecular weight is 339 g/mol. The third-order valence-electron chi connectivity index (χ3n) is 3.01. The van der Waals surface area contributed by atoms with Gasteiger partial charge in [0.2, 0.25) is 5.96 Å². The molecule has 1 aromatic heterocycles. The highest BCUT2D eigenvalue weighted by Gasteiger charge is 2.19. The second kappa shape index (κ2) is 6.13. The monoisotopic (exact) mass is 338 g/mol. The number of pyridine rings is 1. The van der Waals surface area contributed by atoms with Crippen molar-refractivity contribution >= 4 is 52.5 Å². The van der Waals surface area contributed by atoms with E-state index in [0.717, 1.165) is 28.8 Å². The zero-order valence-corrected chi connectivity index (χ0v) is 13.5. The van der Waals surface area contributed by atoms with Gasteiger partial charge < -0.3 is 4.90 Å². The minimum atomic E-state index is 0.505. The Kier molecular flexibility index (Phi) is 4.24. The number of anilines is 1. The fourth-order valence-electron chi connectivity index (χ4n) is 2.01. The van der Waals surface area contributed by atoms with E-state index in [9.17, 15) is 0 Å².